The lowest BCUT2D eigenvalue weighted by Gasteiger charge is -2.09. The van der Waals surface area contributed by atoms with Crippen molar-refractivity contribution in [1.29, 1.82) is 0 Å². The number of benzene rings is 3. The van der Waals surface area contributed by atoms with E-state index in [2.05, 4.69) is 41.5 Å². The van der Waals surface area contributed by atoms with Gasteiger partial charge < -0.3 is 9.47 Å². The van der Waals surface area contributed by atoms with Gasteiger partial charge in [-0.15, -0.1) is 11.3 Å². The maximum atomic E-state index is 12.4. The Labute approximate surface area is 210 Å². The molecule has 0 aliphatic rings. The van der Waals surface area contributed by atoms with Crippen LogP contribution in [0.4, 0.5) is 5.13 Å². The van der Waals surface area contributed by atoms with E-state index in [-0.39, 0.29) is 12.0 Å². The molecule has 0 unspecified atom stereocenters. The van der Waals surface area contributed by atoms with Gasteiger partial charge in [-0.3, -0.25) is 10.1 Å². The number of aromatic nitrogens is 1. The molecule has 0 atom stereocenters. The zero-order valence-corrected chi connectivity index (χ0v) is 20.8. The Hall–Kier alpha value is -3.90. The van der Waals surface area contributed by atoms with Crippen LogP contribution in [0.5, 0.6) is 11.5 Å². The SMILES string of the molecule is Cc1ccc(COc2ccc(/C=C/C(=O)Nc3nc(-c4ccc(OC(C)C)cc4)cs3)cc2)cc1. The van der Waals surface area contributed by atoms with Crippen molar-refractivity contribution in [2.24, 2.45) is 0 Å². The highest BCUT2D eigenvalue weighted by Gasteiger charge is 2.07. The first kappa shape index (κ1) is 24.2. The van der Waals surface area contributed by atoms with Gasteiger partial charge in [-0.2, -0.15) is 0 Å². The van der Waals surface area contributed by atoms with E-state index in [1.807, 2.05) is 67.8 Å². The first-order valence-electron chi connectivity index (χ1n) is 11.4. The molecule has 4 rings (SSSR count). The molecule has 0 bridgehead atoms. The number of nitrogens with one attached hydrogen (secondary N) is 1. The molecular formula is C29H28N2O3S. The second-order valence-electron chi connectivity index (χ2n) is 8.39. The van der Waals surface area contributed by atoms with Gasteiger partial charge in [0.1, 0.15) is 18.1 Å². The van der Waals surface area contributed by atoms with Crippen molar-refractivity contribution >= 4 is 28.5 Å². The molecule has 178 valence electrons. The zero-order chi connectivity index (χ0) is 24.6. The Morgan fingerprint density at radius 3 is 2.34 bits per heavy atom. The van der Waals surface area contributed by atoms with E-state index in [4.69, 9.17) is 9.47 Å². The number of hydrogen-bond acceptors (Lipinski definition) is 5. The molecule has 0 saturated heterocycles. The lowest BCUT2D eigenvalue weighted by Crippen LogP contribution is -2.07. The summed E-state index contributed by atoms with van der Waals surface area (Å²) in [4.78, 5) is 16.9. The van der Waals surface area contributed by atoms with Gasteiger partial charge in [-0.25, -0.2) is 4.98 Å². The summed E-state index contributed by atoms with van der Waals surface area (Å²) in [6, 6.07) is 23.7. The third-order valence-electron chi connectivity index (χ3n) is 5.09. The molecule has 0 spiro atoms. The number of ether oxygens (including phenoxy) is 2. The average Bonchev–Trinajstić information content (AvgIpc) is 3.31. The van der Waals surface area contributed by atoms with Crippen LogP contribution in [0.1, 0.15) is 30.5 Å². The Morgan fingerprint density at radius 1 is 0.971 bits per heavy atom. The number of anilines is 1. The third-order valence-corrected chi connectivity index (χ3v) is 5.85. The predicted octanol–water partition coefficient (Wildman–Crippen LogP) is 7.14. The van der Waals surface area contributed by atoms with Gasteiger partial charge in [-0.1, -0.05) is 42.0 Å². The molecule has 6 heteroatoms. The zero-order valence-electron chi connectivity index (χ0n) is 20.0. The molecule has 5 nitrogen and oxygen atoms in total. The molecule has 4 aromatic rings. The number of carbonyl (C=O) groups is 1. The maximum absolute atomic E-state index is 12.4. The van der Waals surface area contributed by atoms with Crippen molar-refractivity contribution in [2.45, 2.75) is 33.5 Å². The molecule has 0 aliphatic carbocycles. The lowest BCUT2D eigenvalue weighted by molar-refractivity contribution is -0.111. The molecule has 1 N–H and O–H groups in total. The highest BCUT2D eigenvalue weighted by Crippen LogP contribution is 2.27. The number of thiazole rings is 1. The summed E-state index contributed by atoms with van der Waals surface area (Å²) in [7, 11) is 0. The van der Waals surface area contributed by atoms with Gasteiger partial charge in [0, 0.05) is 17.0 Å². The highest BCUT2D eigenvalue weighted by molar-refractivity contribution is 7.14. The minimum absolute atomic E-state index is 0.130. The van der Waals surface area contributed by atoms with Crippen LogP contribution in [0.2, 0.25) is 0 Å². The second kappa shape index (κ2) is 11.5. The molecule has 0 fully saturated rings. The summed E-state index contributed by atoms with van der Waals surface area (Å²) in [6.45, 7) is 6.57. The fourth-order valence-electron chi connectivity index (χ4n) is 3.29. The van der Waals surface area contributed by atoms with Crippen LogP contribution >= 0.6 is 11.3 Å². The van der Waals surface area contributed by atoms with Crippen LogP contribution in [0.25, 0.3) is 17.3 Å². The van der Waals surface area contributed by atoms with Gasteiger partial charge in [0.2, 0.25) is 5.91 Å². The molecule has 0 aliphatic heterocycles. The number of carbonyl (C=O) groups excluding carboxylic acids is 1. The number of nitrogens with zero attached hydrogens (tertiary/aromatic N) is 1. The van der Waals surface area contributed by atoms with E-state index >= 15 is 0 Å². The number of aryl methyl sites for hydroxylation is 1. The minimum Gasteiger partial charge on any atom is -0.491 e. The van der Waals surface area contributed by atoms with Crippen LogP contribution < -0.4 is 14.8 Å². The minimum atomic E-state index is -0.230. The van der Waals surface area contributed by atoms with E-state index in [1.54, 1.807) is 6.08 Å². The number of hydrogen-bond donors (Lipinski definition) is 1. The normalized spacial score (nSPS) is 11.1. The van der Waals surface area contributed by atoms with Gasteiger partial charge in [0.15, 0.2) is 5.13 Å². The average molecular weight is 485 g/mol. The van der Waals surface area contributed by atoms with Crippen LogP contribution in [0.3, 0.4) is 0 Å². The quantitative estimate of drug-likeness (QED) is 0.257. The molecule has 1 amide bonds. The summed E-state index contributed by atoms with van der Waals surface area (Å²) in [5, 5.41) is 5.30. The van der Waals surface area contributed by atoms with Gasteiger partial charge in [0.25, 0.3) is 0 Å². The van der Waals surface area contributed by atoms with Crippen molar-refractivity contribution in [1.82, 2.24) is 4.98 Å². The molecular weight excluding hydrogens is 456 g/mol. The molecule has 1 heterocycles. The van der Waals surface area contributed by atoms with Gasteiger partial charge in [-0.05, 0) is 74.4 Å². The summed E-state index contributed by atoms with van der Waals surface area (Å²) < 4.78 is 11.5. The largest absolute Gasteiger partial charge is 0.491 e. The van der Waals surface area contributed by atoms with Crippen molar-refractivity contribution in [3.8, 4) is 22.8 Å². The van der Waals surface area contributed by atoms with Crippen LogP contribution in [0, 0.1) is 6.92 Å². The predicted molar refractivity (Wildman–Crippen MR) is 143 cm³/mol. The molecule has 35 heavy (non-hydrogen) atoms. The topological polar surface area (TPSA) is 60.5 Å². The second-order valence-corrected chi connectivity index (χ2v) is 9.25. The van der Waals surface area contributed by atoms with Crippen molar-refractivity contribution in [3.05, 3.63) is 101 Å². The number of amides is 1. The first-order chi connectivity index (χ1) is 16.9. The van der Waals surface area contributed by atoms with E-state index in [1.165, 1.54) is 23.0 Å². The van der Waals surface area contributed by atoms with Crippen LogP contribution in [-0.4, -0.2) is 17.0 Å². The summed E-state index contributed by atoms with van der Waals surface area (Å²) >= 11 is 1.39. The Balaban J connectivity index is 1.28. The summed E-state index contributed by atoms with van der Waals surface area (Å²) in [6.07, 6.45) is 3.40. The Morgan fingerprint density at radius 2 is 1.66 bits per heavy atom. The van der Waals surface area contributed by atoms with Crippen molar-refractivity contribution in [3.63, 3.8) is 0 Å². The monoisotopic (exact) mass is 484 g/mol. The summed E-state index contributed by atoms with van der Waals surface area (Å²) in [5.74, 6) is 1.38. The van der Waals surface area contributed by atoms with E-state index in [9.17, 15) is 4.79 Å². The highest BCUT2D eigenvalue weighted by atomic mass is 32.1. The Kier molecular flexibility index (Phi) is 7.95. The van der Waals surface area contributed by atoms with E-state index < -0.39 is 0 Å². The standard InChI is InChI=1S/C29H28N2O3S/c1-20(2)34-26-15-11-24(12-16-26)27-19-35-29(30-27)31-28(32)17-10-22-8-13-25(14-9-22)33-18-23-6-4-21(3)5-7-23/h4-17,19-20H,18H2,1-3H3,(H,30,31,32)/b17-10+. The maximum Gasteiger partial charge on any atom is 0.250 e. The molecule has 1 aromatic heterocycles. The molecule has 0 saturated carbocycles. The Bertz CT molecular complexity index is 1280. The van der Waals surface area contributed by atoms with Crippen molar-refractivity contribution < 1.29 is 14.3 Å². The fraction of sp³-hybridized carbons (Fsp3) is 0.172. The fourth-order valence-corrected chi connectivity index (χ4v) is 4.01. The smallest absolute Gasteiger partial charge is 0.250 e. The third kappa shape index (κ3) is 7.29. The van der Waals surface area contributed by atoms with Crippen LogP contribution in [0.15, 0.2) is 84.3 Å². The first-order valence-corrected chi connectivity index (χ1v) is 12.3. The van der Waals surface area contributed by atoms with E-state index in [0.29, 0.717) is 11.7 Å². The summed E-state index contributed by atoms with van der Waals surface area (Å²) in [5.41, 5.74) is 5.04. The molecule has 0 radical (unpaired) electrons. The van der Waals surface area contributed by atoms with Gasteiger partial charge >= 0.3 is 0 Å². The van der Waals surface area contributed by atoms with Gasteiger partial charge in [0.05, 0.1) is 11.8 Å². The molecule has 3 aromatic carbocycles. The van der Waals surface area contributed by atoms with Crippen LogP contribution in [-0.2, 0) is 11.4 Å². The van der Waals surface area contributed by atoms with E-state index in [0.717, 1.165) is 33.9 Å². The number of rotatable bonds is 9. The van der Waals surface area contributed by atoms with Crippen molar-refractivity contribution in [2.75, 3.05) is 5.32 Å². The lowest BCUT2D eigenvalue weighted by atomic mass is 10.1.